The lowest BCUT2D eigenvalue weighted by atomic mass is 10.1. The predicted molar refractivity (Wildman–Crippen MR) is 76.7 cm³/mol. The van der Waals surface area contributed by atoms with Crippen molar-refractivity contribution in [3.8, 4) is 0 Å². The van der Waals surface area contributed by atoms with Crippen LogP contribution in [-0.2, 0) is 9.59 Å². The molecule has 0 unspecified atom stereocenters. The largest absolute Gasteiger partial charge is 0.478 e. The Hall–Kier alpha value is -1.62. The van der Waals surface area contributed by atoms with Gasteiger partial charge >= 0.3 is 5.97 Å². The van der Waals surface area contributed by atoms with E-state index in [4.69, 9.17) is 5.11 Å². The highest BCUT2D eigenvalue weighted by atomic mass is 79.9. The highest BCUT2D eigenvalue weighted by Gasteiger charge is 2.15. The van der Waals surface area contributed by atoms with E-state index in [0.29, 0.717) is 0 Å². The second kappa shape index (κ2) is 6.52. The second-order valence-electron chi connectivity index (χ2n) is 4.31. The summed E-state index contributed by atoms with van der Waals surface area (Å²) in [4.78, 5) is 22.7. The molecule has 1 rings (SSSR count). The number of nitrogens with one attached hydrogen (secondary N) is 1. The molecule has 0 saturated heterocycles. The van der Waals surface area contributed by atoms with Crippen molar-refractivity contribution in [2.45, 2.75) is 26.8 Å². The van der Waals surface area contributed by atoms with Crippen LogP contribution in [0.2, 0.25) is 0 Å². The van der Waals surface area contributed by atoms with Gasteiger partial charge in [0.15, 0.2) is 0 Å². The molecule has 0 fully saturated rings. The molecule has 1 aromatic carbocycles. The minimum Gasteiger partial charge on any atom is -0.478 e. The highest BCUT2D eigenvalue weighted by molar-refractivity contribution is 9.10. The fraction of sp³-hybridized carbons (Fsp3) is 0.286. The van der Waals surface area contributed by atoms with Gasteiger partial charge in [-0.25, -0.2) is 4.79 Å². The van der Waals surface area contributed by atoms with Crippen LogP contribution in [0, 0.1) is 0 Å². The van der Waals surface area contributed by atoms with Crippen LogP contribution in [0.5, 0.6) is 0 Å². The summed E-state index contributed by atoms with van der Waals surface area (Å²) < 4.78 is 0.931. The third-order valence-electron chi connectivity index (χ3n) is 2.92. The van der Waals surface area contributed by atoms with Gasteiger partial charge in [-0.2, -0.15) is 0 Å². The first-order valence-electron chi connectivity index (χ1n) is 5.80. The van der Waals surface area contributed by atoms with Gasteiger partial charge in [-0.1, -0.05) is 28.1 Å². The molecule has 0 aromatic heterocycles. The summed E-state index contributed by atoms with van der Waals surface area (Å²) in [7, 11) is 0. The molecule has 102 valence electrons. The van der Waals surface area contributed by atoms with Gasteiger partial charge in [0.2, 0.25) is 5.91 Å². The fourth-order valence-electron chi connectivity index (χ4n) is 1.49. The first kappa shape index (κ1) is 15.4. The predicted octanol–water partition coefficient (Wildman–Crippen LogP) is 3.05. The van der Waals surface area contributed by atoms with Crippen LogP contribution in [0.3, 0.4) is 0 Å². The van der Waals surface area contributed by atoms with Crippen LogP contribution < -0.4 is 5.32 Å². The third-order valence-corrected chi connectivity index (χ3v) is 3.41. The SMILES string of the molecule is C/C(C(=O)O)=C(\C)C(=O)N[C@@H](C)c1cccc(Br)c1. The van der Waals surface area contributed by atoms with E-state index in [1.54, 1.807) is 0 Å². The quantitative estimate of drug-likeness (QED) is 0.836. The van der Waals surface area contributed by atoms with E-state index in [2.05, 4.69) is 21.2 Å². The lowest BCUT2D eigenvalue weighted by Crippen LogP contribution is -2.28. The molecular formula is C14H16BrNO3. The Balaban J connectivity index is 2.83. The molecule has 5 heteroatoms. The number of carboxylic acid groups (broad SMARTS) is 1. The summed E-state index contributed by atoms with van der Waals surface area (Å²) in [6.07, 6.45) is 0. The molecule has 0 saturated carbocycles. The van der Waals surface area contributed by atoms with Crippen molar-refractivity contribution in [3.63, 3.8) is 0 Å². The van der Waals surface area contributed by atoms with E-state index in [-0.39, 0.29) is 23.1 Å². The molecule has 19 heavy (non-hydrogen) atoms. The minimum atomic E-state index is -1.08. The molecule has 0 radical (unpaired) electrons. The van der Waals surface area contributed by atoms with Crippen LogP contribution in [0.25, 0.3) is 0 Å². The van der Waals surface area contributed by atoms with Gasteiger partial charge in [0, 0.05) is 15.6 Å². The molecule has 4 nitrogen and oxygen atoms in total. The Morgan fingerprint density at radius 2 is 1.89 bits per heavy atom. The Bertz CT molecular complexity index is 537. The van der Waals surface area contributed by atoms with Gasteiger partial charge in [-0.05, 0) is 38.5 Å². The summed E-state index contributed by atoms with van der Waals surface area (Å²) >= 11 is 3.37. The number of hydrogen-bond donors (Lipinski definition) is 2. The minimum absolute atomic E-state index is 0.0546. The summed E-state index contributed by atoms with van der Waals surface area (Å²) in [6.45, 7) is 4.77. The number of hydrogen-bond acceptors (Lipinski definition) is 2. The molecule has 0 heterocycles. The second-order valence-corrected chi connectivity index (χ2v) is 5.22. The number of aliphatic carboxylic acids is 1. The smallest absolute Gasteiger partial charge is 0.331 e. The monoisotopic (exact) mass is 325 g/mol. The zero-order chi connectivity index (χ0) is 14.6. The topological polar surface area (TPSA) is 66.4 Å². The molecule has 1 aromatic rings. The van der Waals surface area contributed by atoms with Crippen LogP contribution in [0.4, 0.5) is 0 Å². The van der Waals surface area contributed by atoms with Gasteiger partial charge < -0.3 is 10.4 Å². The van der Waals surface area contributed by atoms with Crippen LogP contribution in [-0.4, -0.2) is 17.0 Å². The molecule has 0 bridgehead atoms. The molecule has 0 aliphatic carbocycles. The Kier molecular flexibility index (Phi) is 5.30. The van der Waals surface area contributed by atoms with E-state index in [1.165, 1.54) is 13.8 Å². The Morgan fingerprint density at radius 1 is 1.26 bits per heavy atom. The zero-order valence-corrected chi connectivity index (χ0v) is 12.6. The van der Waals surface area contributed by atoms with Gasteiger partial charge in [0.1, 0.15) is 0 Å². The number of amides is 1. The van der Waals surface area contributed by atoms with Crippen molar-refractivity contribution < 1.29 is 14.7 Å². The summed E-state index contributed by atoms with van der Waals surface area (Å²) in [5, 5.41) is 11.6. The lowest BCUT2D eigenvalue weighted by molar-refractivity contribution is -0.133. The van der Waals surface area contributed by atoms with Crippen molar-refractivity contribution in [2.24, 2.45) is 0 Å². The first-order chi connectivity index (χ1) is 8.82. The summed E-state index contributed by atoms with van der Waals surface area (Å²) in [5.41, 5.74) is 1.22. The lowest BCUT2D eigenvalue weighted by Gasteiger charge is -2.15. The van der Waals surface area contributed by atoms with Gasteiger partial charge in [0.25, 0.3) is 0 Å². The molecule has 1 amide bonds. The zero-order valence-electron chi connectivity index (χ0n) is 11.0. The maximum Gasteiger partial charge on any atom is 0.331 e. The molecule has 0 aliphatic heterocycles. The number of carbonyl (C=O) groups excluding carboxylic acids is 1. The number of halogens is 1. The number of rotatable bonds is 4. The van der Waals surface area contributed by atoms with E-state index in [0.717, 1.165) is 10.0 Å². The van der Waals surface area contributed by atoms with E-state index < -0.39 is 5.97 Å². The van der Waals surface area contributed by atoms with E-state index >= 15 is 0 Å². The van der Waals surface area contributed by atoms with Gasteiger partial charge in [-0.3, -0.25) is 4.79 Å². The number of carbonyl (C=O) groups is 2. The van der Waals surface area contributed by atoms with Crippen LogP contribution in [0.1, 0.15) is 32.4 Å². The van der Waals surface area contributed by atoms with Crippen molar-refractivity contribution in [2.75, 3.05) is 0 Å². The maximum absolute atomic E-state index is 11.9. The average Bonchev–Trinajstić information content (AvgIpc) is 2.36. The summed E-state index contributed by atoms with van der Waals surface area (Å²) in [5.74, 6) is -1.45. The van der Waals surface area contributed by atoms with Crippen LogP contribution >= 0.6 is 15.9 Å². The van der Waals surface area contributed by atoms with Crippen LogP contribution in [0.15, 0.2) is 39.9 Å². The average molecular weight is 326 g/mol. The van der Waals surface area contributed by atoms with Gasteiger partial charge in [-0.15, -0.1) is 0 Å². The van der Waals surface area contributed by atoms with Crippen molar-refractivity contribution in [1.29, 1.82) is 0 Å². The molecule has 0 spiro atoms. The first-order valence-corrected chi connectivity index (χ1v) is 6.59. The normalized spacial score (nSPS) is 13.5. The van der Waals surface area contributed by atoms with Gasteiger partial charge in [0.05, 0.1) is 6.04 Å². The third kappa shape index (κ3) is 4.21. The van der Waals surface area contributed by atoms with E-state index in [1.807, 2.05) is 31.2 Å². The van der Waals surface area contributed by atoms with Crippen molar-refractivity contribution in [3.05, 3.63) is 45.4 Å². The maximum atomic E-state index is 11.9. The van der Waals surface area contributed by atoms with Crippen molar-refractivity contribution in [1.82, 2.24) is 5.32 Å². The molecular weight excluding hydrogens is 310 g/mol. The Labute approximate surface area is 120 Å². The molecule has 2 N–H and O–H groups in total. The molecule has 1 atom stereocenters. The molecule has 0 aliphatic rings. The van der Waals surface area contributed by atoms with Crippen molar-refractivity contribution >= 4 is 27.8 Å². The summed E-state index contributed by atoms with van der Waals surface area (Å²) in [6, 6.07) is 7.40. The Morgan fingerprint density at radius 3 is 2.42 bits per heavy atom. The fourth-order valence-corrected chi connectivity index (χ4v) is 1.91. The number of benzene rings is 1. The number of carboxylic acids is 1. The van der Waals surface area contributed by atoms with E-state index in [9.17, 15) is 9.59 Å². The standard InChI is InChI=1S/C14H16BrNO3/c1-8(9(2)14(18)19)13(17)16-10(3)11-5-4-6-12(15)7-11/h4-7,10H,1-3H3,(H,16,17)(H,18,19)/b9-8-/t10-/m0/s1. The highest BCUT2D eigenvalue weighted by Crippen LogP contribution is 2.18.